The highest BCUT2D eigenvalue weighted by atomic mass is 32.1. The molecular formula is C30H31F3N8O4S. The number of nitrogens with one attached hydrogen (secondary N) is 1. The molecule has 3 aliphatic carbocycles. The topological polar surface area (TPSA) is 146 Å². The minimum absolute atomic E-state index is 0.0896. The van der Waals surface area contributed by atoms with Gasteiger partial charge in [-0.1, -0.05) is 6.92 Å². The van der Waals surface area contributed by atoms with Gasteiger partial charge in [-0.2, -0.15) is 13.2 Å². The summed E-state index contributed by atoms with van der Waals surface area (Å²) in [6.07, 6.45) is -3.11. The summed E-state index contributed by atoms with van der Waals surface area (Å²) in [5.41, 5.74) is -0.943. The highest BCUT2D eigenvalue weighted by molar-refractivity contribution is 7.18. The van der Waals surface area contributed by atoms with Gasteiger partial charge in [0.2, 0.25) is 11.3 Å². The van der Waals surface area contributed by atoms with Gasteiger partial charge in [0.05, 0.1) is 11.1 Å². The molecule has 0 radical (unpaired) electrons. The van der Waals surface area contributed by atoms with E-state index in [1.165, 1.54) is 17.7 Å². The largest absolute Gasteiger partial charge is 0.504 e. The number of halogens is 3. The van der Waals surface area contributed by atoms with Gasteiger partial charge in [-0.15, -0.1) is 11.3 Å². The number of pyridine rings is 1. The second-order valence-corrected chi connectivity index (χ2v) is 13.8. The second-order valence-electron chi connectivity index (χ2n) is 12.6. The average molecular weight is 657 g/mol. The summed E-state index contributed by atoms with van der Waals surface area (Å²) in [5, 5.41) is 13.2. The minimum atomic E-state index is -4.29. The third-order valence-corrected chi connectivity index (χ3v) is 10.5. The van der Waals surface area contributed by atoms with Crippen molar-refractivity contribution >= 4 is 50.3 Å². The Kier molecular flexibility index (Phi) is 6.81. The summed E-state index contributed by atoms with van der Waals surface area (Å²) in [6.45, 7) is 6.13. The molecule has 4 fully saturated rings. The van der Waals surface area contributed by atoms with Gasteiger partial charge in [0.15, 0.2) is 22.6 Å². The molecule has 2 bridgehead atoms. The van der Waals surface area contributed by atoms with Crippen LogP contribution in [0.4, 0.5) is 18.9 Å². The number of thiophene rings is 1. The maximum absolute atomic E-state index is 14.1. The molecule has 4 aromatic rings. The molecule has 4 aliphatic rings. The van der Waals surface area contributed by atoms with Gasteiger partial charge in [-0.05, 0) is 45.6 Å². The predicted molar refractivity (Wildman–Crippen MR) is 163 cm³/mol. The fraction of sp³-hybridized carbons (Fsp3) is 0.500. The number of amides is 2. The Morgan fingerprint density at radius 1 is 1.09 bits per heavy atom. The first-order valence-electron chi connectivity index (χ1n) is 15.0. The van der Waals surface area contributed by atoms with Gasteiger partial charge < -0.3 is 24.8 Å². The van der Waals surface area contributed by atoms with Crippen LogP contribution in [0.25, 0.3) is 21.5 Å². The molecular weight excluding hydrogens is 625 g/mol. The Morgan fingerprint density at radius 3 is 2.43 bits per heavy atom. The molecule has 0 atom stereocenters. The molecule has 3 saturated carbocycles. The van der Waals surface area contributed by atoms with Crippen molar-refractivity contribution in [2.45, 2.75) is 64.7 Å². The smallest absolute Gasteiger partial charge is 0.394 e. The molecule has 46 heavy (non-hydrogen) atoms. The van der Waals surface area contributed by atoms with E-state index in [-0.39, 0.29) is 85.7 Å². The first-order chi connectivity index (χ1) is 21.7. The standard InChI is InChI=1S/C30H31F3N8O4S/c1-4-18-22(39-5-7-40(8-6-39)27(45)21-23(43)16(3)34-14-35-21)24(44)20-25(37-26-17(36-20)9-15(2)46-26)41(18)10-19(42)38-29-11-28(12-29,13-29)30(31,32)33/h9,14,43H,4-8,10-13H2,1-3H3,(H,38,42). The maximum atomic E-state index is 14.1. The number of carbonyl (C=O) groups excluding carboxylic acids is 2. The van der Waals surface area contributed by atoms with Crippen LogP contribution in [-0.2, 0) is 17.8 Å². The number of fused-ring (bicyclic) bond motifs is 2. The minimum Gasteiger partial charge on any atom is -0.504 e. The van der Waals surface area contributed by atoms with Crippen LogP contribution < -0.4 is 15.6 Å². The Morgan fingerprint density at radius 2 is 1.78 bits per heavy atom. The van der Waals surface area contributed by atoms with E-state index < -0.39 is 28.9 Å². The highest BCUT2D eigenvalue weighted by Gasteiger charge is 2.78. The molecule has 242 valence electrons. The lowest BCUT2D eigenvalue weighted by atomic mass is 9.39. The Hall–Kier alpha value is -4.34. The van der Waals surface area contributed by atoms with E-state index >= 15 is 0 Å². The van der Waals surface area contributed by atoms with E-state index in [0.717, 1.165) is 4.88 Å². The molecule has 8 rings (SSSR count). The molecule has 12 nitrogen and oxygen atoms in total. The number of piperazine rings is 1. The fourth-order valence-corrected chi connectivity index (χ4v) is 8.09. The van der Waals surface area contributed by atoms with Crippen LogP contribution in [-0.4, -0.2) is 84.2 Å². The normalized spacial score (nSPS) is 22.6. The zero-order valence-electron chi connectivity index (χ0n) is 25.4. The molecule has 1 aliphatic heterocycles. The third-order valence-electron chi connectivity index (χ3n) is 9.52. The van der Waals surface area contributed by atoms with Crippen molar-refractivity contribution in [1.82, 2.24) is 34.7 Å². The number of aromatic hydroxyl groups is 1. The number of hydrogen-bond acceptors (Lipinski definition) is 10. The van der Waals surface area contributed by atoms with Crippen molar-refractivity contribution in [2.24, 2.45) is 5.41 Å². The average Bonchev–Trinajstić information content (AvgIpc) is 3.34. The number of alkyl halides is 3. The lowest BCUT2D eigenvalue weighted by Crippen LogP contribution is -2.78. The molecule has 5 heterocycles. The van der Waals surface area contributed by atoms with Crippen molar-refractivity contribution in [3.63, 3.8) is 0 Å². The van der Waals surface area contributed by atoms with Crippen LogP contribution in [0.1, 0.15) is 52.9 Å². The summed E-state index contributed by atoms with van der Waals surface area (Å²) in [4.78, 5) is 63.0. The second kappa shape index (κ2) is 10.3. The molecule has 4 aromatic heterocycles. The molecule has 2 amide bonds. The number of aromatic nitrogens is 5. The van der Waals surface area contributed by atoms with Crippen molar-refractivity contribution in [3.8, 4) is 5.75 Å². The number of aryl methyl sites for hydroxylation is 2. The summed E-state index contributed by atoms with van der Waals surface area (Å²) >= 11 is 1.41. The van der Waals surface area contributed by atoms with Gasteiger partial charge in [0.1, 0.15) is 28.9 Å². The summed E-state index contributed by atoms with van der Waals surface area (Å²) < 4.78 is 41.9. The molecule has 0 aromatic carbocycles. The monoisotopic (exact) mass is 656 g/mol. The highest BCUT2D eigenvalue weighted by Crippen LogP contribution is 2.73. The molecule has 0 unspecified atom stereocenters. The lowest BCUT2D eigenvalue weighted by molar-refractivity contribution is -0.337. The SMILES string of the molecule is CCc1c(N2CCN(C(=O)c3ncnc(C)c3O)CC2)c(=O)c2nc3cc(C)sc3nc2n1CC(=O)NC12CC(C(F)(F)F)(C1)C2. The number of carbonyl (C=O) groups is 2. The van der Waals surface area contributed by atoms with Crippen LogP contribution in [0.5, 0.6) is 5.75 Å². The molecule has 2 N–H and O–H groups in total. The lowest BCUT2D eigenvalue weighted by Gasteiger charge is -2.70. The van der Waals surface area contributed by atoms with E-state index in [2.05, 4.69) is 20.3 Å². The van der Waals surface area contributed by atoms with E-state index in [1.807, 2.05) is 24.8 Å². The van der Waals surface area contributed by atoms with E-state index in [4.69, 9.17) is 4.98 Å². The van der Waals surface area contributed by atoms with Crippen molar-refractivity contribution in [3.05, 3.63) is 44.6 Å². The zero-order valence-corrected chi connectivity index (χ0v) is 26.2. The van der Waals surface area contributed by atoms with Crippen molar-refractivity contribution in [2.75, 3.05) is 31.1 Å². The number of anilines is 1. The zero-order chi connectivity index (χ0) is 32.8. The molecule has 0 spiro atoms. The van der Waals surface area contributed by atoms with E-state index in [0.29, 0.717) is 28.1 Å². The molecule has 16 heteroatoms. The number of nitrogens with zero attached hydrogens (tertiary/aromatic N) is 7. The third kappa shape index (κ3) is 4.59. The predicted octanol–water partition coefficient (Wildman–Crippen LogP) is 3.24. The Bertz CT molecular complexity index is 1980. The first kappa shape index (κ1) is 30.3. The van der Waals surface area contributed by atoms with Crippen LogP contribution >= 0.6 is 11.3 Å². The Balaban J connectivity index is 1.22. The van der Waals surface area contributed by atoms with Gasteiger partial charge in [0.25, 0.3) is 5.91 Å². The summed E-state index contributed by atoms with van der Waals surface area (Å²) in [7, 11) is 0. The fourth-order valence-electron chi connectivity index (χ4n) is 7.27. The van der Waals surface area contributed by atoms with Crippen LogP contribution in [0.3, 0.4) is 0 Å². The van der Waals surface area contributed by atoms with Gasteiger partial charge >= 0.3 is 6.18 Å². The van der Waals surface area contributed by atoms with Crippen LogP contribution in [0.15, 0.2) is 17.2 Å². The number of hydrogen-bond donors (Lipinski definition) is 2. The van der Waals surface area contributed by atoms with E-state index in [9.17, 15) is 32.7 Å². The Labute approximate surface area is 264 Å². The van der Waals surface area contributed by atoms with Gasteiger partial charge in [-0.3, -0.25) is 14.4 Å². The quantitative estimate of drug-likeness (QED) is 0.319. The van der Waals surface area contributed by atoms with Gasteiger partial charge in [-0.25, -0.2) is 19.9 Å². The maximum Gasteiger partial charge on any atom is 0.394 e. The van der Waals surface area contributed by atoms with Crippen molar-refractivity contribution < 1.29 is 27.9 Å². The molecule has 1 saturated heterocycles. The van der Waals surface area contributed by atoms with Gasteiger partial charge in [0, 0.05) is 42.3 Å². The van der Waals surface area contributed by atoms with E-state index in [1.54, 1.807) is 16.4 Å². The first-order valence-corrected chi connectivity index (χ1v) is 15.8. The summed E-state index contributed by atoms with van der Waals surface area (Å²) in [6, 6.07) is 1.84. The summed E-state index contributed by atoms with van der Waals surface area (Å²) in [5.74, 6) is -1.19. The number of rotatable bonds is 6. The van der Waals surface area contributed by atoms with Crippen LogP contribution in [0.2, 0.25) is 0 Å². The van der Waals surface area contributed by atoms with Crippen LogP contribution in [0, 0.1) is 19.3 Å². The van der Waals surface area contributed by atoms with Crippen molar-refractivity contribution in [1.29, 1.82) is 0 Å².